The average molecular weight is 514 g/mol. The average Bonchev–Trinajstić information content (AvgIpc) is 3.22. The van der Waals surface area contributed by atoms with Crippen LogP contribution in [0, 0.1) is 24.6 Å². The lowest BCUT2D eigenvalue weighted by Crippen LogP contribution is -2.33. The number of carbonyl (C=O) groups is 1. The van der Waals surface area contributed by atoms with Crippen LogP contribution in [0.1, 0.15) is 35.5 Å². The molecule has 0 spiro atoms. The lowest BCUT2D eigenvalue weighted by Gasteiger charge is -2.22. The first-order chi connectivity index (χ1) is 18.2. The number of benzene rings is 1. The van der Waals surface area contributed by atoms with Crippen molar-refractivity contribution in [1.82, 2.24) is 29.6 Å². The van der Waals surface area contributed by atoms with Gasteiger partial charge in [-0.15, -0.1) is 0 Å². The van der Waals surface area contributed by atoms with Crippen molar-refractivity contribution >= 4 is 5.91 Å². The molecule has 4 aromatic rings. The number of fused-ring (bicyclic) bond motifs is 1. The van der Waals surface area contributed by atoms with Gasteiger partial charge in [0.15, 0.2) is 0 Å². The fourth-order valence-corrected chi connectivity index (χ4v) is 5.01. The number of halogens is 1. The number of hydrogen-bond donors (Lipinski definition) is 1. The van der Waals surface area contributed by atoms with Gasteiger partial charge in [0.05, 0.1) is 17.0 Å². The number of ether oxygens (including phenoxy) is 1. The summed E-state index contributed by atoms with van der Waals surface area (Å²) in [5, 5.41) is 4.42. The number of nitrogens with zero attached hydrogens (tertiary/aromatic N) is 6. The molecular formula is C28H28FN7O2. The smallest absolute Gasteiger partial charge is 0.257 e. The van der Waals surface area contributed by atoms with Gasteiger partial charge in [0, 0.05) is 60.7 Å². The minimum absolute atomic E-state index is 0.0229. The first-order valence-corrected chi connectivity index (χ1v) is 12.5. The minimum Gasteiger partial charge on any atom is -0.474 e. The molecule has 38 heavy (non-hydrogen) atoms. The van der Waals surface area contributed by atoms with E-state index < -0.39 is 5.54 Å². The third-order valence-electron chi connectivity index (χ3n) is 7.23. The number of likely N-dealkylation sites (tertiary alicyclic amines) is 1. The first kappa shape index (κ1) is 24.2. The van der Waals surface area contributed by atoms with Gasteiger partial charge in [0.2, 0.25) is 11.8 Å². The van der Waals surface area contributed by atoms with E-state index in [9.17, 15) is 9.18 Å². The molecule has 0 bridgehead atoms. The summed E-state index contributed by atoms with van der Waals surface area (Å²) in [6, 6.07) is 11.7. The summed E-state index contributed by atoms with van der Waals surface area (Å²) in [5.41, 5.74) is 9.29. The van der Waals surface area contributed by atoms with E-state index in [4.69, 9.17) is 15.5 Å². The van der Waals surface area contributed by atoms with Crippen LogP contribution in [0.25, 0.3) is 17.2 Å². The first-order valence-electron chi connectivity index (χ1n) is 12.5. The Hall–Kier alpha value is -4.18. The van der Waals surface area contributed by atoms with Gasteiger partial charge in [0.1, 0.15) is 11.9 Å². The van der Waals surface area contributed by atoms with Crippen molar-refractivity contribution in [2.45, 2.75) is 32.4 Å². The largest absolute Gasteiger partial charge is 0.474 e. The summed E-state index contributed by atoms with van der Waals surface area (Å²) >= 11 is 0. The Bertz CT molecular complexity index is 1490. The Labute approximate surface area is 219 Å². The zero-order valence-electron chi connectivity index (χ0n) is 21.4. The molecule has 0 radical (unpaired) electrons. The molecule has 2 aliphatic rings. The molecule has 10 heteroatoms. The van der Waals surface area contributed by atoms with Crippen LogP contribution < -0.4 is 10.5 Å². The summed E-state index contributed by atoms with van der Waals surface area (Å²) in [6.07, 6.45) is 4.93. The molecule has 3 atom stereocenters. The van der Waals surface area contributed by atoms with Gasteiger partial charge < -0.3 is 15.4 Å². The molecule has 2 N–H and O–H groups in total. The highest BCUT2D eigenvalue weighted by Gasteiger charge is 2.59. The van der Waals surface area contributed by atoms with Crippen molar-refractivity contribution in [2.24, 2.45) is 17.6 Å². The molecule has 1 unspecified atom stereocenters. The molecule has 194 valence electrons. The van der Waals surface area contributed by atoms with Crippen LogP contribution in [-0.4, -0.2) is 54.7 Å². The van der Waals surface area contributed by atoms with Crippen molar-refractivity contribution in [2.75, 3.05) is 13.1 Å². The van der Waals surface area contributed by atoms with E-state index in [1.165, 1.54) is 16.8 Å². The summed E-state index contributed by atoms with van der Waals surface area (Å²) in [7, 11) is 0. The lowest BCUT2D eigenvalue weighted by atomic mass is 9.95. The van der Waals surface area contributed by atoms with Gasteiger partial charge in [-0.25, -0.2) is 24.0 Å². The van der Waals surface area contributed by atoms with Crippen LogP contribution in [-0.2, 0) is 5.54 Å². The van der Waals surface area contributed by atoms with E-state index in [1.54, 1.807) is 36.8 Å². The van der Waals surface area contributed by atoms with Crippen molar-refractivity contribution in [3.63, 3.8) is 0 Å². The number of amides is 1. The molecule has 1 saturated heterocycles. The fraction of sp³-hybridized carbons (Fsp3) is 0.321. The molecule has 2 fully saturated rings. The molecule has 1 aliphatic heterocycles. The molecule has 6 rings (SSSR count). The second-order valence-corrected chi connectivity index (χ2v) is 10.5. The van der Waals surface area contributed by atoms with Gasteiger partial charge in [0.25, 0.3) is 5.91 Å². The van der Waals surface area contributed by atoms with E-state index in [0.29, 0.717) is 41.9 Å². The molecule has 1 aliphatic carbocycles. The maximum absolute atomic E-state index is 13.5. The quantitative estimate of drug-likeness (QED) is 0.420. The van der Waals surface area contributed by atoms with Crippen molar-refractivity contribution in [1.29, 1.82) is 0 Å². The highest BCUT2D eigenvalue weighted by molar-refractivity contribution is 5.95. The monoisotopic (exact) mass is 513 g/mol. The van der Waals surface area contributed by atoms with Crippen LogP contribution in [0.3, 0.4) is 0 Å². The Balaban J connectivity index is 1.16. The second-order valence-electron chi connectivity index (χ2n) is 10.5. The number of piperidine rings is 1. The van der Waals surface area contributed by atoms with Crippen molar-refractivity contribution in [3.05, 3.63) is 83.7 Å². The zero-order chi connectivity index (χ0) is 26.6. The number of carbonyl (C=O) groups excluding carboxylic acids is 1. The third-order valence-corrected chi connectivity index (χ3v) is 7.23. The summed E-state index contributed by atoms with van der Waals surface area (Å²) in [5.74, 6) is 1.01. The Kier molecular flexibility index (Phi) is 5.71. The van der Waals surface area contributed by atoms with Crippen LogP contribution >= 0.6 is 0 Å². The highest BCUT2D eigenvalue weighted by atomic mass is 19.1. The van der Waals surface area contributed by atoms with E-state index in [2.05, 4.69) is 15.1 Å². The standard InChI is InChI=1S/C28H28FN7O2/c1-16-20(15-36(34-16)27-31-9-4-10-32-27)26(37)35-13-21-22(14-35)25(21)38-24-12-18(28(2,3)30)11-23(33-24)17-5-7-19(29)8-6-17/h4-12,15,21-22,25H,13-14,30H2,1-3H3/t21-,22?,25+/m1/s1. The number of pyridine rings is 1. The second kappa shape index (κ2) is 8.98. The van der Waals surface area contributed by atoms with E-state index in [1.807, 2.05) is 37.8 Å². The van der Waals surface area contributed by atoms with Crippen LogP contribution in [0.15, 0.2) is 61.1 Å². The minimum atomic E-state index is -0.606. The molecular weight excluding hydrogens is 485 g/mol. The summed E-state index contributed by atoms with van der Waals surface area (Å²) in [6.45, 7) is 6.86. The number of rotatable bonds is 6. The lowest BCUT2D eigenvalue weighted by molar-refractivity contribution is 0.0751. The molecule has 1 saturated carbocycles. The number of aryl methyl sites for hydroxylation is 1. The van der Waals surface area contributed by atoms with Gasteiger partial charge in [-0.1, -0.05) is 0 Å². The molecule has 1 aromatic carbocycles. The number of aromatic nitrogens is 5. The van der Waals surface area contributed by atoms with Gasteiger partial charge >= 0.3 is 0 Å². The van der Waals surface area contributed by atoms with E-state index in [0.717, 1.165) is 11.1 Å². The topological polar surface area (TPSA) is 112 Å². The summed E-state index contributed by atoms with van der Waals surface area (Å²) < 4.78 is 21.3. The zero-order valence-corrected chi connectivity index (χ0v) is 21.4. The van der Waals surface area contributed by atoms with Crippen LogP contribution in [0.5, 0.6) is 5.88 Å². The maximum atomic E-state index is 13.5. The number of hydrogen-bond acceptors (Lipinski definition) is 7. The Morgan fingerprint density at radius 1 is 1.11 bits per heavy atom. The molecule has 4 heterocycles. The highest BCUT2D eigenvalue weighted by Crippen LogP contribution is 2.48. The molecule has 1 amide bonds. The Morgan fingerprint density at radius 3 is 2.45 bits per heavy atom. The molecule has 9 nitrogen and oxygen atoms in total. The van der Waals surface area contributed by atoms with E-state index in [-0.39, 0.29) is 29.7 Å². The Morgan fingerprint density at radius 2 is 1.79 bits per heavy atom. The summed E-state index contributed by atoms with van der Waals surface area (Å²) in [4.78, 5) is 28.2. The van der Waals surface area contributed by atoms with E-state index >= 15 is 0 Å². The maximum Gasteiger partial charge on any atom is 0.257 e. The van der Waals surface area contributed by atoms with Gasteiger partial charge in [-0.3, -0.25) is 4.79 Å². The van der Waals surface area contributed by atoms with Crippen molar-refractivity contribution < 1.29 is 13.9 Å². The molecule has 3 aromatic heterocycles. The number of nitrogens with two attached hydrogens (primary N) is 1. The normalized spacial score (nSPS) is 20.3. The predicted molar refractivity (Wildman–Crippen MR) is 138 cm³/mol. The SMILES string of the molecule is Cc1nn(-c2ncccn2)cc1C(=O)N1CC2[C@@H](C1)[C@@H]2Oc1cc(C(C)(C)N)cc(-c2ccc(F)cc2)n1. The van der Waals surface area contributed by atoms with Crippen LogP contribution in [0.4, 0.5) is 4.39 Å². The van der Waals surface area contributed by atoms with Gasteiger partial charge in [-0.2, -0.15) is 5.10 Å². The predicted octanol–water partition coefficient (Wildman–Crippen LogP) is 3.52. The van der Waals surface area contributed by atoms with Gasteiger partial charge in [-0.05, 0) is 62.7 Å². The fourth-order valence-electron chi connectivity index (χ4n) is 5.01. The van der Waals surface area contributed by atoms with Crippen molar-refractivity contribution in [3.8, 4) is 23.1 Å². The third kappa shape index (κ3) is 4.51. The van der Waals surface area contributed by atoms with Crippen LogP contribution in [0.2, 0.25) is 0 Å².